The Balaban J connectivity index is 2.25. The Kier molecular flexibility index (Phi) is 4.22. The van der Waals surface area contributed by atoms with E-state index in [0.717, 1.165) is 24.0 Å². The lowest BCUT2D eigenvalue weighted by Gasteiger charge is -2.42. The number of rotatable bonds is 3. The summed E-state index contributed by atoms with van der Waals surface area (Å²) in [6.45, 7) is 0. The number of likely N-dealkylation sites (N-methyl/N-ethyl adjacent to an activating group) is 1. The highest BCUT2D eigenvalue weighted by Crippen LogP contribution is 2.47. The third-order valence-corrected chi connectivity index (χ3v) is 5.08. The minimum Gasteiger partial charge on any atom is -0.358 e. The summed E-state index contributed by atoms with van der Waals surface area (Å²) in [5.74, 6) is 0.0772. The smallest absolute Gasteiger partial charge is 0.234 e. The van der Waals surface area contributed by atoms with Gasteiger partial charge in [0.25, 0.3) is 0 Å². The number of nitrogens with one attached hydrogen (secondary N) is 1. The van der Waals surface area contributed by atoms with Crippen LogP contribution in [0.2, 0.25) is 0 Å². The van der Waals surface area contributed by atoms with Crippen LogP contribution in [0.1, 0.15) is 35.6 Å². The normalized spacial score (nSPS) is 23.4. The van der Waals surface area contributed by atoms with E-state index >= 15 is 0 Å². The summed E-state index contributed by atoms with van der Waals surface area (Å²) in [5.41, 5.74) is 2.87. The van der Waals surface area contributed by atoms with Gasteiger partial charge in [0.2, 0.25) is 5.91 Å². The molecule has 0 aliphatic heterocycles. The van der Waals surface area contributed by atoms with Gasteiger partial charge in [0.1, 0.15) is 0 Å². The summed E-state index contributed by atoms with van der Waals surface area (Å²) in [7, 11) is 5.95. The lowest BCUT2D eigenvalue weighted by atomic mass is 9.64. The number of carbonyl (C=O) groups excluding carboxylic acids is 1. The second-order valence-corrected chi connectivity index (χ2v) is 6.46. The van der Waals surface area contributed by atoms with Gasteiger partial charge in [-0.15, -0.1) is 0 Å². The van der Waals surface area contributed by atoms with E-state index in [4.69, 9.17) is 0 Å². The number of hydrogen-bond acceptors (Lipinski definition) is 2. The molecular weight excluding hydrogens is 284 g/mol. The molecule has 0 unspecified atom stereocenters. The largest absolute Gasteiger partial charge is 0.358 e. The first-order chi connectivity index (χ1) is 11.1. The van der Waals surface area contributed by atoms with Gasteiger partial charge >= 0.3 is 0 Å². The Morgan fingerprint density at radius 2 is 1.74 bits per heavy atom. The van der Waals surface area contributed by atoms with Crippen molar-refractivity contribution >= 4 is 5.91 Å². The number of hydrogen-bond donors (Lipinski definition) is 1. The zero-order valence-corrected chi connectivity index (χ0v) is 14.0. The average molecular weight is 308 g/mol. The summed E-state index contributed by atoms with van der Waals surface area (Å²) in [6, 6.07) is 18.9. The molecule has 0 spiro atoms. The van der Waals surface area contributed by atoms with E-state index < -0.39 is 5.41 Å². The fraction of sp³-hybridized carbons (Fsp3) is 0.350. The van der Waals surface area contributed by atoms with E-state index in [1.807, 2.05) is 24.3 Å². The van der Waals surface area contributed by atoms with Crippen LogP contribution >= 0.6 is 0 Å². The van der Waals surface area contributed by atoms with Gasteiger partial charge in [0.15, 0.2) is 0 Å². The second kappa shape index (κ2) is 6.17. The van der Waals surface area contributed by atoms with E-state index in [1.165, 1.54) is 5.56 Å². The standard InChI is InChI=1S/C20H24N2O/c1-21-19(23)20(15-9-5-4-6-10-15)14-13-18(22(2)3)16-11-7-8-12-17(16)20/h4-12,18H,13-14H2,1-3H3,(H,21,23)/t18-,20-/m0/s1. The molecule has 0 aromatic heterocycles. The third kappa shape index (κ3) is 2.45. The number of fused-ring (bicyclic) bond motifs is 1. The van der Waals surface area contributed by atoms with Crippen molar-refractivity contribution in [1.82, 2.24) is 10.2 Å². The molecule has 0 fully saturated rings. The highest BCUT2D eigenvalue weighted by Gasteiger charge is 2.46. The molecule has 0 bridgehead atoms. The minimum atomic E-state index is -0.598. The molecule has 1 amide bonds. The van der Waals surface area contributed by atoms with Crippen LogP contribution in [-0.4, -0.2) is 32.0 Å². The van der Waals surface area contributed by atoms with Gasteiger partial charge in [-0.05, 0) is 43.6 Å². The molecule has 1 N–H and O–H groups in total. The Labute approximate surface area is 138 Å². The van der Waals surface area contributed by atoms with Crippen LogP contribution in [0.5, 0.6) is 0 Å². The molecule has 1 aliphatic rings. The Hall–Kier alpha value is -2.13. The number of carbonyl (C=O) groups is 1. The molecule has 0 heterocycles. The first kappa shape index (κ1) is 15.8. The maximum absolute atomic E-state index is 13.0. The van der Waals surface area contributed by atoms with Crippen molar-refractivity contribution in [2.45, 2.75) is 24.3 Å². The monoisotopic (exact) mass is 308 g/mol. The molecule has 120 valence electrons. The van der Waals surface area contributed by atoms with E-state index in [0.29, 0.717) is 6.04 Å². The van der Waals surface area contributed by atoms with Gasteiger partial charge in [-0.3, -0.25) is 4.79 Å². The topological polar surface area (TPSA) is 32.3 Å². The molecule has 0 radical (unpaired) electrons. The lowest BCUT2D eigenvalue weighted by Crippen LogP contribution is -2.47. The summed E-state index contributed by atoms with van der Waals surface area (Å²) in [4.78, 5) is 15.3. The van der Waals surface area contributed by atoms with Crippen LogP contribution in [0, 0.1) is 0 Å². The second-order valence-electron chi connectivity index (χ2n) is 6.46. The van der Waals surface area contributed by atoms with Gasteiger partial charge in [-0.25, -0.2) is 0 Å². The van der Waals surface area contributed by atoms with E-state index in [9.17, 15) is 4.79 Å². The summed E-state index contributed by atoms with van der Waals surface area (Å²) in [6.07, 6.45) is 1.78. The number of nitrogens with zero attached hydrogens (tertiary/aromatic N) is 1. The molecule has 23 heavy (non-hydrogen) atoms. The van der Waals surface area contributed by atoms with E-state index in [-0.39, 0.29) is 5.91 Å². The molecule has 2 aromatic rings. The van der Waals surface area contributed by atoms with Crippen molar-refractivity contribution in [3.63, 3.8) is 0 Å². The SMILES string of the molecule is CNC(=O)[C@]1(c2ccccc2)CC[C@H](N(C)C)c2ccccc21. The molecule has 2 atom stereocenters. The van der Waals surface area contributed by atoms with E-state index in [1.54, 1.807) is 7.05 Å². The molecule has 2 aromatic carbocycles. The van der Waals surface area contributed by atoms with Gasteiger partial charge < -0.3 is 10.2 Å². The molecule has 3 heteroatoms. The maximum Gasteiger partial charge on any atom is 0.234 e. The highest BCUT2D eigenvalue weighted by atomic mass is 16.2. The van der Waals surface area contributed by atoms with Crippen LogP contribution in [0.4, 0.5) is 0 Å². The van der Waals surface area contributed by atoms with Crippen molar-refractivity contribution < 1.29 is 4.79 Å². The first-order valence-corrected chi connectivity index (χ1v) is 8.15. The summed E-state index contributed by atoms with van der Waals surface area (Å²) in [5, 5.41) is 2.91. The predicted molar refractivity (Wildman–Crippen MR) is 93.4 cm³/mol. The summed E-state index contributed by atoms with van der Waals surface area (Å²) >= 11 is 0. The first-order valence-electron chi connectivity index (χ1n) is 8.15. The van der Waals surface area contributed by atoms with E-state index in [2.05, 4.69) is 54.6 Å². The van der Waals surface area contributed by atoms with Crippen LogP contribution in [0.25, 0.3) is 0 Å². The lowest BCUT2D eigenvalue weighted by molar-refractivity contribution is -0.125. The van der Waals surface area contributed by atoms with Gasteiger partial charge in [0.05, 0.1) is 5.41 Å². The van der Waals surface area contributed by atoms with Crippen molar-refractivity contribution in [3.8, 4) is 0 Å². The molecule has 3 nitrogen and oxygen atoms in total. The molecular formula is C20H24N2O. The van der Waals surface area contributed by atoms with Crippen LogP contribution in [-0.2, 0) is 10.2 Å². The third-order valence-electron chi connectivity index (χ3n) is 5.08. The average Bonchev–Trinajstić information content (AvgIpc) is 2.60. The maximum atomic E-state index is 13.0. The van der Waals surface area contributed by atoms with Crippen LogP contribution < -0.4 is 5.32 Å². The van der Waals surface area contributed by atoms with Crippen molar-refractivity contribution in [2.75, 3.05) is 21.1 Å². The Bertz CT molecular complexity index is 696. The quantitative estimate of drug-likeness (QED) is 0.945. The zero-order valence-electron chi connectivity index (χ0n) is 14.0. The molecule has 3 rings (SSSR count). The predicted octanol–water partition coefficient (Wildman–Crippen LogP) is 3.12. The van der Waals surface area contributed by atoms with Crippen molar-refractivity contribution in [2.24, 2.45) is 0 Å². The number of benzene rings is 2. The van der Waals surface area contributed by atoms with Crippen LogP contribution in [0.3, 0.4) is 0 Å². The molecule has 0 saturated heterocycles. The van der Waals surface area contributed by atoms with Gasteiger partial charge in [-0.1, -0.05) is 54.6 Å². The Morgan fingerprint density at radius 3 is 2.39 bits per heavy atom. The minimum absolute atomic E-state index is 0.0772. The highest BCUT2D eigenvalue weighted by molar-refractivity contribution is 5.92. The number of amides is 1. The molecule has 1 aliphatic carbocycles. The van der Waals surface area contributed by atoms with Crippen molar-refractivity contribution in [3.05, 3.63) is 71.3 Å². The Morgan fingerprint density at radius 1 is 1.09 bits per heavy atom. The van der Waals surface area contributed by atoms with Gasteiger partial charge in [-0.2, -0.15) is 0 Å². The zero-order chi connectivity index (χ0) is 16.4. The molecule has 0 saturated carbocycles. The fourth-order valence-corrected chi connectivity index (χ4v) is 3.96. The van der Waals surface area contributed by atoms with Crippen LogP contribution in [0.15, 0.2) is 54.6 Å². The van der Waals surface area contributed by atoms with Gasteiger partial charge in [0, 0.05) is 13.1 Å². The fourth-order valence-electron chi connectivity index (χ4n) is 3.96. The van der Waals surface area contributed by atoms with Crippen molar-refractivity contribution in [1.29, 1.82) is 0 Å². The summed E-state index contributed by atoms with van der Waals surface area (Å²) < 4.78 is 0.